The van der Waals surface area contributed by atoms with Gasteiger partial charge in [0.25, 0.3) is 0 Å². The molecule has 0 aliphatic carbocycles. The maximum atomic E-state index is 14.9. The van der Waals surface area contributed by atoms with Gasteiger partial charge in [0.15, 0.2) is 34.5 Å². The molecule has 126 heavy (non-hydrogen) atoms. The second-order valence-electron chi connectivity index (χ2n) is 31.1. The predicted molar refractivity (Wildman–Crippen MR) is 500 cm³/mol. The third-order valence-corrected chi connectivity index (χ3v) is 21.3. The summed E-state index contributed by atoms with van der Waals surface area (Å²) in [7, 11) is 0. The monoisotopic (exact) mass is 1700 g/mol. The van der Waals surface area contributed by atoms with Gasteiger partial charge in [0.1, 0.15) is 34.5 Å². The Hall–Kier alpha value is -13.0. The molecule has 0 aliphatic rings. The summed E-state index contributed by atoms with van der Waals surface area (Å²) in [6, 6.07) is 48.0. The zero-order valence-electron chi connectivity index (χ0n) is 72.8. The van der Waals surface area contributed by atoms with Crippen molar-refractivity contribution in [1.29, 1.82) is 0 Å². The van der Waals surface area contributed by atoms with Crippen molar-refractivity contribution in [3.8, 4) is 69.0 Å². The third-order valence-electron chi connectivity index (χ3n) is 21.3. The van der Waals surface area contributed by atoms with Crippen LogP contribution < -0.4 is 56.8 Å². The second-order valence-corrected chi connectivity index (χ2v) is 31.1. The van der Waals surface area contributed by atoms with E-state index >= 15 is 0 Å². The quantitative estimate of drug-likeness (QED) is 0.0114. The molecule has 660 valence electrons. The Morgan fingerprint density at radius 2 is 0.310 bits per heavy atom. The number of hydrogen-bond donors (Lipinski definition) is 0. The second kappa shape index (κ2) is 53.3. The molecule has 0 aromatic heterocycles. The maximum absolute atomic E-state index is 14.9. The standard InChI is InChI=1S/C108H120O18/c1-7-13-19-25-31-37-67-115-85-55-43-79(44-56-85)103(109)121-97-73-91-92(74-98(97)122-104(110)80-45-57-86(58-46-80)116-68-38-32-26-20-14-8-2)94-76-100(124-106(112)82-49-61-88(62-50-82)118-70-40-34-28-22-16-10-4)102(126-108(114)84-53-65-90(66-54-84)120-72-42-36-30-24-18-12-6)78-96(94)95-77-101(125-107(113)83-51-63-89(64-52-83)119-71-41-35-29-23-17-11-5)99(75-93(91)95)123-105(111)81-47-59-87(60-48-81)117-69-39-33-27-21-15-9-3/h7-12,43-66,73-78H,1-6,13-42,67-72H2. The lowest BCUT2D eigenvalue weighted by Gasteiger charge is -2.19. The first-order valence-corrected chi connectivity index (χ1v) is 44.7. The van der Waals surface area contributed by atoms with E-state index in [-0.39, 0.29) is 100 Å². The maximum Gasteiger partial charge on any atom is 0.343 e. The van der Waals surface area contributed by atoms with Crippen LogP contribution in [0.15, 0.2) is 258 Å². The van der Waals surface area contributed by atoms with Crippen LogP contribution in [0.3, 0.4) is 0 Å². The minimum atomic E-state index is -0.843. The zero-order valence-corrected chi connectivity index (χ0v) is 72.8. The smallest absolute Gasteiger partial charge is 0.343 e. The molecule has 18 nitrogen and oxygen atoms in total. The fourth-order valence-electron chi connectivity index (χ4n) is 14.2. The molecule has 0 heterocycles. The molecule has 10 aromatic rings. The van der Waals surface area contributed by atoms with E-state index in [1.807, 2.05) is 36.5 Å². The van der Waals surface area contributed by atoms with Gasteiger partial charge in [-0.25, -0.2) is 28.8 Å². The molecule has 0 aliphatic heterocycles. The summed E-state index contributed by atoms with van der Waals surface area (Å²) in [6.45, 7) is 25.8. The van der Waals surface area contributed by atoms with Crippen molar-refractivity contribution in [1.82, 2.24) is 0 Å². The number of carbonyl (C=O) groups excluding carboxylic acids is 6. The van der Waals surface area contributed by atoms with Crippen molar-refractivity contribution in [3.05, 3.63) is 291 Å². The topological polar surface area (TPSA) is 213 Å². The molecule has 0 saturated heterocycles. The number of ether oxygens (including phenoxy) is 12. The molecule has 0 saturated carbocycles. The van der Waals surface area contributed by atoms with Crippen LogP contribution in [0.4, 0.5) is 0 Å². The number of hydrogen-bond acceptors (Lipinski definition) is 18. The number of unbranched alkanes of at least 4 members (excludes halogenated alkanes) is 24. The van der Waals surface area contributed by atoms with Gasteiger partial charge >= 0.3 is 35.8 Å². The Balaban J connectivity index is 1.13. The number of rotatable bonds is 60. The van der Waals surface area contributed by atoms with Crippen LogP contribution in [0.25, 0.3) is 32.3 Å². The van der Waals surface area contributed by atoms with E-state index in [2.05, 4.69) is 39.5 Å². The van der Waals surface area contributed by atoms with E-state index in [1.165, 1.54) is 36.4 Å². The van der Waals surface area contributed by atoms with Gasteiger partial charge < -0.3 is 56.8 Å². The van der Waals surface area contributed by atoms with Gasteiger partial charge in [0.2, 0.25) is 0 Å². The van der Waals surface area contributed by atoms with E-state index in [0.717, 1.165) is 193 Å². The molecular weight excluding hydrogens is 1590 g/mol. The summed E-state index contributed by atoms with van der Waals surface area (Å²) in [6.07, 6.45) is 40.5. The minimum absolute atomic E-state index is 0.120. The lowest BCUT2D eigenvalue weighted by Crippen LogP contribution is -2.14. The normalized spacial score (nSPS) is 11.0. The molecule has 0 radical (unpaired) electrons. The number of carbonyl (C=O) groups is 6. The van der Waals surface area contributed by atoms with Gasteiger partial charge in [0.05, 0.1) is 73.0 Å². The number of fused-ring (bicyclic) bond motifs is 6. The molecule has 0 fully saturated rings. The lowest BCUT2D eigenvalue weighted by molar-refractivity contribution is 0.0682. The molecule has 0 amide bonds. The lowest BCUT2D eigenvalue weighted by atomic mass is 9.93. The summed E-state index contributed by atoms with van der Waals surface area (Å²) in [5, 5.41) is 1.61. The Kier molecular flexibility index (Phi) is 40.3. The van der Waals surface area contributed by atoms with E-state index < -0.39 is 35.8 Å². The van der Waals surface area contributed by atoms with Crippen molar-refractivity contribution in [2.24, 2.45) is 0 Å². The Labute approximate surface area is 742 Å². The van der Waals surface area contributed by atoms with Gasteiger partial charge in [0, 0.05) is 0 Å². The molecule has 0 bridgehead atoms. The first-order valence-electron chi connectivity index (χ1n) is 44.7. The van der Waals surface area contributed by atoms with E-state index in [0.29, 0.717) is 74.1 Å². The van der Waals surface area contributed by atoms with Crippen molar-refractivity contribution >= 4 is 68.1 Å². The average molecular weight is 1710 g/mol. The van der Waals surface area contributed by atoms with Crippen LogP contribution in [0.2, 0.25) is 0 Å². The van der Waals surface area contributed by atoms with Crippen molar-refractivity contribution in [3.63, 3.8) is 0 Å². The van der Waals surface area contributed by atoms with Crippen LogP contribution >= 0.6 is 0 Å². The van der Waals surface area contributed by atoms with E-state index in [4.69, 9.17) is 56.8 Å². The molecular formula is C108H120O18. The fourth-order valence-corrected chi connectivity index (χ4v) is 14.2. The van der Waals surface area contributed by atoms with Gasteiger partial charge in [-0.1, -0.05) is 114 Å². The Bertz CT molecular complexity index is 4330. The highest BCUT2D eigenvalue weighted by atomic mass is 16.6. The van der Waals surface area contributed by atoms with E-state index in [9.17, 15) is 28.8 Å². The van der Waals surface area contributed by atoms with Crippen LogP contribution in [-0.4, -0.2) is 75.5 Å². The van der Waals surface area contributed by atoms with Gasteiger partial charge in [-0.2, -0.15) is 0 Å². The first kappa shape index (κ1) is 95.3. The van der Waals surface area contributed by atoms with Gasteiger partial charge in [-0.05, 0) is 330 Å². The highest BCUT2D eigenvalue weighted by Crippen LogP contribution is 2.48. The van der Waals surface area contributed by atoms with Crippen LogP contribution in [0.1, 0.15) is 255 Å². The molecule has 10 rings (SSSR count). The number of esters is 6. The van der Waals surface area contributed by atoms with Crippen molar-refractivity contribution in [2.75, 3.05) is 39.6 Å². The Morgan fingerprint density at radius 1 is 0.183 bits per heavy atom. The van der Waals surface area contributed by atoms with Crippen molar-refractivity contribution < 1.29 is 85.6 Å². The zero-order chi connectivity index (χ0) is 88.7. The highest BCUT2D eigenvalue weighted by molar-refractivity contribution is 6.27. The molecule has 0 spiro atoms. The number of allylic oxidation sites excluding steroid dienone is 6. The summed E-state index contributed by atoms with van der Waals surface area (Å²) in [4.78, 5) is 89.5. The van der Waals surface area contributed by atoms with Crippen LogP contribution in [0, 0.1) is 0 Å². The summed E-state index contributed by atoms with van der Waals surface area (Å²) < 4.78 is 75.2. The fraction of sp³-hybridized carbons (Fsp3) is 0.333. The third kappa shape index (κ3) is 30.8. The minimum Gasteiger partial charge on any atom is -0.494 e. The number of benzene rings is 10. The summed E-state index contributed by atoms with van der Waals surface area (Å²) in [5.41, 5.74) is 0.718. The van der Waals surface area contributed by atoms with Gasteiger partial charge in [-0.15, -0.1) is 39.5 Å². The van der Waals surface area contributed by atoms with E-state index in [1.54, 1.807) is 146 Å². The highest BCUT2D eigenvalue weighted by Gasteiger charge is 2.28. The summed E-state index contributed by atoms with van der Waals surface area (Å²) in [5.74, 6) is -3.28. The summed E-state index contributed by atoms with van der Waals surface area (Å²) >= 11 is 0. The molecule has 0 unspecified atom stereocenters. The molecule has 0 N–H and O–H groups in total. The van der Waals surface area contributed by atoms with Crippen LogP contribution in [-0.2, 0) is 0 Å². The Morgan fingerprint density at radius 3 is 0.437 bits per heavy atom. The molecule has 0 atom stereocenters. The first-order chi connectivity index (χ1) is 61.8. The van der Waals surface area contributed by atoms with Crippen molar-refractivity contribution in [2.45, 2.75) is 193 Å². The predicted octanol–water partition coefficient (Wildman–Crippen LogP) is 27.6. The largest absolute Gasteiger partial charge is 0.494 e. The molecule has 10 aromatic carbocycles. The average Bonchev–Trinajstić information content (AvgIpc) is 0.721. The van der Waals surface area contributed by atoms with Crippen LogP contribution in [0.5, 0.6) is 69.0 Å². The SMILES string of the molecule is C=CCCCCCCOc1ccc(C(=O)Oc2cc3c4cc(OC(=O)c5ccc(OCCCCCCC=C)cc5)c(OC(=O)c5ccc(OCCCCCCC=C)cc5)cc4c4cc(OC(=O)c5ccc(OCCCCCCC=C)cc5)c(OC(=O)c5ccc(OCCCCCCC=C)cc5)cc4c3cc2OC(=O)c2ccc(OCCCCCCC=C)cc2)cc1. The molecule has 18 heteroatoms. The van der Waals surface area contributed by atoms with Gasteiger partial charge in [-0.3, -0.25) is 0 Å².